The minimum absolute atomic E-state index is 0.0294. The number of carbonyl (C=O) groups is 2. The molecular weight excluding hydrogens is 316 g/mol. The molecule has 2 aliphatic heterocycles. The lowest BCUT2D eigenvalue weighted by Crippen LogP contribution is -2.45. The molecule has 1 atom stereocenters. The number of nitrogens with zero attached hydrogens (tertiary/aromatic N) is 2. The summed E-state index contributed by atoms with van der Waals surface area (Å²) in [6, 6.07) is 9.78. The first-order chi connectivity index (χ1) is 12.0. The molecular formula is C20H28N2O3. The van der Waals surface area contributed by atoms with Crippen LogP contribution in [0, 0.1) is 11.8 Å². The highest BCUT2D eigenvalue weighted by Gasteiger charge is 2.34. The van der Waals surface area contributed by atoms with Gasteiger partial charge in [-0.25, -0.2) is 0 Å². The molecule has 0 bridgehead atoms. The fourth-order valence-electron chi connectivity index (χ4n) is 3.69. The largest absolute Gasteiger partial charge is 0.489 e. The van der Waals surface area contributed by atoms with Crippen LogP contribution in [0.15, 0.2) is 30.3 Å². The summed E-state index contributed by atoms with van der Waals surface area (Å²) in [6.45, 7) is 6.68. The summed E-state index contributed by atoms with van der Waals surface area (Å²) < 4.78 is 5.97. The van der Waals surface area contributed by atoms with E-state index in [-0.39, 0.29) is 29.8 Å². The third-order valence-corrected chi connectivity index (χ3v) is 5.15. The van der Waals surface area contributed by atoms with Gasteiger partial charge in [0.05, 0.1) is 6.54 Å². The number of piperidine rings is 1. The highest BCUT2D eigenvalue weighted by Crippen LogP contribution is 2.24. The van der Waals surface area contributed by atoms with E-state index in [0.717, 1.165) is 31.6 Å². The van der Waals surface area contributed by atoms with Crippen molar-refractivity contribution in [3.05, 3.63) is 30.3 Å². The standard InChI is InChI=1S/C20H28N2O3/c1-15(2)19(23)21-11-8-16(9-12-21)20(24)22-13-10-18(14-22)25-17-6-4-3-5-7-17/h3-7,15-16,18H,8-14H2,1-2H3/t18-/m1/s1. The predicted octanol–water partition coefficient (Wildman–Crippen LogP) is 2.56. The maximum Gasteiger partial charge on any atom is 0.225 e. The van der Waals surface area contributed by atoms with Crippen LogP contribution >= 0.6 is 0 Å². The molecule has 0 aromatic heterocycles. The molecule has 5 nitrogen and oxygen atoms in total. The molecule has 0 spiro atoms. The Bertz CT molecular complexity index is 594. The van der Waals surface area contributed by atoms with Crippen molar-refractivity contribution in [1.82, 2.24) is 9.80 Å². The van der Waals surface area contributed by atoms with Gasteiger partial charge in [-0.2, -0.15) is 0 Å². The number of para-hydroxylation sites is 1. The number of hydrogen-bond donors (Lipinski definition) is 0. The van der Waals surface area contributed by atoms with Gasteiger partial charge in [-0.15, -0.1) is 0 Å². The lowest BCUT2D eigenvalue weighted by molar-refractivity contribution is -0.141. The molecule has 0 radical (unpaired) electrons. The van der Waals surface area contributed by atoms with Crippen LogP contribution in [0.3, 0.4) is 0 Å². The number of hydrogen-bond acceptors (Lipinski definition) is 3. The third-order valence-electron chi connectivity index (χ3n) is 5.15. The summed E-state index contributed by atoms with van der Waals surface area (Å²) in [6.07, 6.45) is 2.51. The van der Waals surface area contributed by atoms with E-state index in [1.165, 1.54) is 0 Å². The average Bonchev–Trinajstić information content (AvgIpc) is 3.10. The zero-order valence-corrected chi connectivity index (χ0v) is 15.2. The third kappa shape index (κ3) is 4.33. The van der Waals surface area contributed by atoms with Crippen molar-refractivity contribution in [2.75, 3.05) is 26.2 Å². The number of benzene rings is 1. The second kappa shape index (κ2) is 7.89. The van der Waals surface area contributed by atoms with Gasteiger partial charge in [0.2, 0.25) is 11.8 Å². The highest BCUT2D eigenvalue weighted by atomic mass is 16.5. The van der Waals surface area contributed by atoms with E-state index in [4.69, 9.17) is 4.74 Å². The van der Waals surface area contributed by atoms with Crippen LogP contribution in [-0.2, 0) is 9.59 Å². The summed E-state index contributed by atoms with van der Waals surface area (Å²) >= 11 is 0. The SMILES string of the molecule is CC(C)C(=O)N1CCC(C(=O)N2CC[C@@H](Oc3ccccc3)C2)CC1. The van der Waals surface area contributed by atoms with E-state index < -0.39 is 0 Å². The maximum atomic E-state index is 12.8. The Kier molecular flexibility index (Phi) is 5.61. The van der Waals surface area contributed by atoms with Crippen LogP contribution in [0.4, 0.5) is 0 Å². The Morgan fingerprint density at radius 3 is 2.28 bits per heavy atom. The van der Waals surface area contributed by atoms with Crippen molar-refractivity contribution in [1.29, 1.82) is 0 Å². The lowest BCUT2D eigenvalue weighted by atomic mass is 9.94. The van der Waals surface area contributed by atoms with Gasteiger partial charge in [0.15, 0.2) is 0 Å². The van der Waals surface area contributed by atoms with Gasteiger partial charge < -0.3 is 14.5 Å². The topological polar surface area (TPSA) is 49.9 Å². The van der Waals surface area contributed by atoms with Crippen LogP contribution in [0.25, 0.3) is 0 Å². The summed E-state index contributed by atoms with van der Waals surface area (Å²) in [7, 11) is 0. The van der Waals surface area contributed by atoms with Crippen molar-refractivity contribution in [2.45, 2.75) is 39.2 Å². The fraction of sp³-hybridized carbons (Fsp3) is 0.600. The Morgan fingerprint density at radius 2 is 1.64 bits per heavy atom. The molecule has 1 aromatic carbocycles. The van der Waals surface area contributed by atoms with Crippen molar-refractivity contribution in [3.63, 3.8) is 0 Å². The number of rotatable bonds is 4. The van der Waals surface area contributed by atoms with Crippen molar-refractivity contribution in [2.24, 2.45) is 11.8 Å². The number of carbonyl (C=O) groups excluding carboxylic acids is 2. The molecule has 1 aromatic rings. The Balaban J connectivity index is 1.47. The van der Waals surface area contributed by atoms with Gasteiger partial charge in [0, 0.05) is 37.9 Å². The van der Waals surface area contributed by atoms with Crippen LogP contribution in [0.2, 0.25) is 0 Å². The first-order valence-corrected chi connectivity index (χ1v) is 9.34. The van der Waals surface area contributed by atoms with E-state index in [9.17, 15) is 9.59 Å². The van der Waals surface area contributed by atoms with Gasteiger partial charge >= 0.3 is 0 Å². The lowest BCUT2D eigenvalue weighted by Gasteiger charge is -2.34. The van der Waals surface area contributed by atoms with E-state index in [1.54, 1.807) is 0 Å². The van der Waals surface area contributed by atoms with Crippen LogP contribution in [0.1, 0.15) is 33.1 Å². The highest BCUT2D eigenvalue weighted by molar-refractivity contribution is 5.81. The molecule has 0 saturated carbocycles. The smallest absolute Gasteiger partial charge is 0.225 e. The van der Waals surface area contributed by atoms with Gasteiger partial charge in [0.25, 0.3) is 0 Å². The molecule has 2 saturated heterocycles. The first kappa shape index (κ1) is 17.8. The Hall–Kier alpha value is -2.04. The van der Waals surface area contributed by atoms with Gasteiger partial charge in [-0.05, 0) is 25.0 Å². The minimum atomic E-state index is 0.0294. The fourth-order valence-corrected chi connectivity index (χ4v) is 3.69. The summed E-state index contributed by atoms with van der Waals surface area (Å²) in [5.74, 6) is 1.37. The van der Waals surface area contributed by atoms with Crippen LogP contribution in [-0.4, -0.2) is 53.9 Å². The van der Waals surface area contributed by atoms with Crippen LogP contribution < -0.4 is 4.74 Å². The second-order valence-corrected chi connectivity index (χ2v) is 7.38. The van der Waals surface area contributed by atoms with E-state index in [0.29, 0.717) is 19.6 Å². The molecule has 2 aliphatic rings. The van der Waals surface area contributed by atoms with Crippen LogP contribution in [0.5, 0.6) is 5.75 Å². The molecule has 0 unspecified atom stereocenters. The van der Waals surface area contributed by atoms with E-state index >= 15 is 0 Å². The monoisotopic (exact) mass is 344 g/mol. The molecule has 136 valence electrons. The quantitative estimate of drug-likeness (QED) is 0.843. The minimum Gasteiger partial charge on any atom is -0.489 e. The first-order valence-electron chi connectivity index (χ1n) is 9.34. The van der Waals surface area contributed by atoms with Crippen molar-refractivity contribution < 1.29 is 14.3 Å². The number of amides is 2. The summed E-state index contributed by atoms with van der Waals surface area (Å²) in [4.78, 5) is 28.7. The van der Waals surface area contributed by atoms with Gasteiger partial charge in [0.1, 0.15) is 11.9 Å². The molecule has 0 N–H and O–H groups in total. The number of ether oxygens (including phenoxy) is 1. The molecule has 25 heavy (non-hydrogen) atoms. The maximum absolute atomic E-state index is 12.8. The molecule has 5 heteroatoms. The molecule has 2 fully saturated rings. The summed E-state index contributed by atoms with van der Waals surface area (Å²) in [5.41, 5.74) is 0. The molecule has 0 aliphatic carbocycles. The van der Waals surface area contributed by atoms with Crippen molar-refractivity contribution >= 4 is 11.8 Å². The second-order valence-electron chi connectivity index (χ2n) is 7.38. The van der Waals surface area contributed by atoms with Gasteiger partial charge in [-0.1, -0.05) is 32.0 Å². The van der Waals surface area contributed by atoms with Crippen molar-refractivity contribution in [3.8, 4) is 5.75 Å². The van der Waals surface area contributed by atoms with E-state index in [2.05, 4.69) is 0 Å². The molecule has 2 heterocycles. The summed E-state index contributed by atoms with van der Waals surface area (Å²) in [5, 5.41) is 0. The normalized spacial score (nSPS) is 21.6. The molecule has 3 rings (SSSR count). The zero-order valence-electron chi connectivity index (χ0n) is 15.2. The Morgan fingerprint density at radius 1 is 1.00 bits per heavy atom. The molecule has 2 amide bonds. The number of likely N-dealkylation sites (tertiary alicyclic amines) is 2. The Labute approximate surface area is 149 Å². The average molecular weight is 344 g/mol. The van der Waals surface area contributed by atoms with E-state index in [1.807, 2.05) is 54.0 Å². The zero-order chi connectivity index (χ0) is 17.8. The predicted molar refractivity (Wildman–Crippen MR) is 96.2 cm³/mol. The van der Waals surface area contributed by atoms with Gasteiger partial charge in [-0.3, -0.25) is 9.59 Å².